The van der Waals surface area contributed by atoms with Gasteiger partial charge in [-0.2, -0.15) is 0 Å². The van der Waals surface area contributed by atoms with Gasteiger partial charge in [-0.1, -0.05) is 32.6 Å². The molecule has 0 radical (unpaired) electrons. The molecule has 0 spiro atoms. The van der Waals surface area contributed by atoms with E-state index in [0.717, 1.165) is 18.8 Å². The number of amides is 1. The first-order valence-electron chi connectivity index (χ1n) is 5.49. The van der Waals surface area contributed by atoms with Crippen LogP contribution < -0.4 is 5.32 Å². The van der Waals surface area contributed by atoms with E-state index >= 15 is 0 Å². The van der Waals surface area contributed by atoms with Gasteiger partial charge in [-0.25, -0.2) is 0 Å². The van der Waals surface area contributed by atoms with Crippen LogP contribution in [0.1, 0.15) is 45.4 Å². The van der Waals surface area contributed by atoms with Gasteiger partial charge in [-0.3, -0.25) is 4.79 Å². The van der Waals surface area contributed by atoms with Crippen LogP contribution in [-0.4, -0.2) is 13.0 Å². The highest BCUT2D eigenvalue weighted by Crippen LogP contribution is 2.29. The van der Waals surface area contributed by atoms with Gasteiger partial charge in [0.1, 0.15) is 0 Å². The van der Waals surface area contributed by atoms with Gasteiger partial charge < -0.3 is 5.32 Å². The fourth-order valence-electron chi connectivity index (χ4n) is 2.27. The average molecular weight is 183 g/mol. The Labute approximate surface area is 81.1 Å². The van der Waals surface area contributed by atoms with Crippen molar-refractivity contribution in [3.63, 3.8) is 0 Å². The highest BCUT2D eigenvalue weighted by molar-refractivity contribution is 5.78. The minimum Gasteiger partial charge on any atom is -0.359 e. The molecule has 1 amide bonds. The quantitative estimate of drug-likeness (QED) is 0.654. The van der Waals surface area contributed by atoms with Gasteiger partial charge in [-0.05, 0) is 18.8 Å². The lowest BCUT2D eigenvalue weighted by atomic mass is 9.91. The van der Waals surface area contributed by atoms with Gasteiger partial charge in [0.25, 0.3) is 0 Å². The first-order chi connectivity index (χ1) is 6.27. The monoisotopic (exact) mass is 183 g/mol. The molecule has 0 bridgehead atoms. The largest absolute Gasteiger partial charge is 0.359 e. The molecule has 1 fully saturated rings. The molecule has 0 aromatic rings. The molecule has 0 heterocycles. The molecule has 1 N–H and O–H groups in total. The van der Waals surface area contributed by atoms with E-state index in [9.17, 15) is 4.79 Å². The maximum absolute atomic E-state index is 11.5. The van der Waals surface area contributed by atoms with Gasteiger partial charge in [0.2, 0.25) is 5.91 Å². The molecule has 0 saturated heterocycles. The van der Waals surface area contributed by atoms with Crippen LogP contribution in [0.25, 0.3) is 0 Å². The second-order valence-electron chi connectivity index (χ2n) is 4.11. The summed E-state index contributed by atoms with van der Waals surface area (Å²) in [5.74, 6) is 1.32. The number of carbonyl (C=O) groups is 1. The summed E-state index contributed by atoms with van der Waals surface area (Å²) < 4.78 is 0. The summed E-state index contributed by atoms with van der Waals surface area (Å²) in [7, 11) is 1.74. The van der Waals surface area contributed by atoms with Crippen LogP contribution >= 0.6 is 0 Å². The number of hydrogen-bond acceptors (Lipinski definition) is 1. The van der Waals surface area contributed by atoms with E-state index in [2.05, 4.69) is 12.2 Å². The van der Waals surface area contributed by atoms with Crippen molar-refractivity contribution in [3.8, 4) is 0 Å². The molecule has 13 heavy (non-hydrogen) atoms. The van der Waals surface area contributed by atoms with Crippen LogP contribution in [0.3, 0.4) is 0 Å². The van der Waals surface area contributed by atoms with Gasteiger partial charge in [0, 0.05) is 13.0 Å². The molecule has 0 aromatic heterocycles. The van der Waals surface area contributed by atoms with Crippen LogP contribution in [0.15, 0.2) is 0 Å². The van der Waals surface area contributed by atoms with Crippen LogP contribution in [0.2, 0.25) is 0 Å². The lowest BCUT2D eigenvalue weighted by Gasteiger charge is -2.16. The molecule has 76 valence electrons. The van der Waals surface area contributed by atoms with Gasteiger partial charge in [0.05, 0.1) is 0 Å². The van der Waals surface area contributed by atoms with E-state index in [1.807, 2.05) is 0 Å². The lowest BCUT2D eigenvalue weighted by Crippen LogP contribution is -2.28. The predicted molar refractivity (Wildman–Crippen MR) is 54.4 cm³/mol. The summed E-state index contributed by atoms with van der Waals surface area (Å²) in [6.07, 6.45) is 7.30. The standard InChI is InChI=1S/C11H21NO/c1-3-9-6-4-5-7-10(8-9)11(13)12-2/h9-10H,3-8H2,1-2H3,(H,12,13). The Morgan fingerprint density at radius 3 is 2.69 bits per heavy atom. The van der Waals surface area contributed by atoms with Crippen molar-refractivity contribution in [2.45, 2.75) is 45.4 Å². The highest BCUT2D eigenvalue weighted by atomic mass is 16.1. The summed E-state index contributed by atoms with van der Waals surface area (Å²) in [5.41, 5.74) is 0. The summed E-state index contributed by atoms with van der Waals surface area (Å²) in [6, 6.07) is 0. The van der Waals surface area contributed by atoms with E-state index in [1.165, 1.54) is 25.7 Å². The molecule has 1 rings (SSSR count). The highest BCUT2D eigenvalue weighted by Gasteiger charge is 2.23. The van der Waals surface area contributed by atoms with E-state index in [0.29, 0.717) is 0 Å². The third-order valence-electron chi connectivity index (χ3n) is 3.23. The molecular formula is C11H21NO. The Bertz CT molecular complexity index is 167. The zero-order valence-electron chi connectivity index (χ0n) is 8.81. The van der Waals surface area contributed by atoms with Gasteiger partial charge >= 0.3 is 0 Å². The Balaban J connectivity index is 2.48. The fourth-order valence-corrected chi connectivity index (χ4v) is 2.27. The predicted octanol–water partition coefficient (Wildman–Crippen LogP) is 2.34. The minimum atomic E-state index is 0.250. The van der Waals surface area contributed by atoms with Crippen molar-refractivity contribution >= 4 is 5.91 Å². The topological polar surface area (TPSA) is 29.1 Å². The second-order valence-corrected chi connectivity index (χ2v) is 4.11. The average Bonchev–Trinajstić information content (AvgIpc) is 2.41. The van der Waals surface area contributed by atoms with Crippen molar-refractivity contribution in [1.82, 2.24) is 5.32 Å². The zero-order chi connectivity index (χ0) is 9.68. The lowest BCUT2D eigenvalue weighted by molar-refractivity contribution is -0.125. The van der Waals surface area contributed by atoms with Crippen LogP contribution in [0.5, 0.6) is 0 Å². The van der Waals surface area contributed by atoms with Crippen molar-refractivity contribution in [2.24, 2.45) is 11.8 Å². The van der Waals surface area contributed by atoms with Crippen molar-refractivity contribution < 1.29 is 4.79 Å². The van der Waals surface area contributed by atoms with Crippen molar-refractivity contribution in [1.29, 1.82) is 0 Å². The smallest absolute Gasteiger partial charge is 0.222 e. The number of hydrogen-bond donors (Lipinski definition) is 1. The molecule has 0 aromatic carbocycles. The second kappa shape index (κ2) is 5.25. The maximum atomic E-state index is 11.5. The third-order valence-corrected chi connectivity index (χ3v) is 3.23. The SMILES string of the molecule is CCC1CCCCC(C(=O)NC)C1. The number of rotatable bonds is 2. The van der Waals surface area contributed by atoms with Gasteiger partial charge in [0.15, 0.2) is 0 Å². The molecule has 1 aliphatic carbocycles. The third kappa shape index (κ3) is 3.02. The maximum Gasteiger partial charge on any atom is 0.222 e. The van der Waals surface area contributed by atoms with E-state index in [-0.39, 0.29) is 11.8 Å². The molecule has 2 heteroatoms. The Kier molecular flexibility index (Phi) is 4.26. The molecule has 2 atom stereocenters. The summed E-state index contributed by atoms with van der Waals surface area (Å²) in [4.78, 5) is 11.5. The Hall–Kier alpha value is -0.530. The van der Waals surface area contributed by atoms with Crippen molar-refractivity contribution in [3.05, 3.63) is 0 Å². The van der Waals surface area contributed by atoms with E-state index < -0.39 is 0 Å². The van der Waals surface area contributed by atoms with Crippen LogP contribution in [-0.2, 0) is 4.79 Å². The summed E-state index contributed by atoms with van der Waals surface area (Å²) in [6.45, 7) is 2.23. The molecule has 1 aliphatic rings. The Morgan fingerprint density at radius 1 is 1.38 bits per heavy atom. The summed E-state index contributed by atoms with van der Waals surface area (Å²) >= 11 is 0. The first kappa shape index (κ1) is 10.6. The van der Waals surface area contributed by atoms with E-state index in [4.69, 9.17) is 0 Å². The molecule has 2 nitrogen and oxygen atoms in total. The van der Waals surface area contributed by atoms with Gasteiger partial charge in [-0.15, -0.1) is 0 Å². The van der Waals surface area contributed by atoms with Crippen LogP contribution in [0.4, 0.5) is 0 Å². The molecule has 1 saturated carbocycles. The Morgan fingerprint density at radius 2 is 2.08 bits per heavy atom. The zero-order valence-corrected chi connectivity index (χ0v) is 8.81. The molecule has 2 unspecified atom stereocenters. The number of nitrogens with one attached hydrogen (secondary N) is 1. The summed E-state index contributed by atoms with van der Waals surface area (Å²) in [5, 5.41) is 2.77. The van der Waals surface area contributed by atoms with E-state index in [1.54, 1.807) is 7.05 Å². The molecule has 0 aliphatic heterocycles. The van der Waals surface area contributed by atoms with Crippen molar-refractivity contribution in [2.75, 3.05) is 7.05 Å². The minimum absolute atomic E-state index is 0.250. The number of carbonyl (C=O) groups excluding carboxylic acids is 1. The van der Waals surface area contributed by atoms with Crippen LogP contribution in [0, 0.1) is 11.8 Å². The molecular weight excluding hydrogens is 162 g/mol. The normalized spacial score (nSPS) is 29.4. The fraction of sp³-hybridized carbons (Fsp3) is 0.909. The first-order valence-corrected chi connectivity index (χ1v) is 5.49.